The van der Waals surface area contributed by atoms with Crippen molar-refractivity contribution in [1.82, 2.24) is 20.0 Å². The minimum atomic E-state index is -0.0780. The number of hydrogen-bond donors (Lipinski definition) is 2. The molecule has 1 aliphatic heterocycles. The van der Waals surface area contributed by atoms with Crippen molar-refractivity contribution < 1.29 is 0 Å². The molecule has 112 valence electrons. The number of hydrogen-bond acceptors (Lipinski definition) is 5. The van der Waals surface area contributed by atoms with Crippen LogP contribution >= 0.6 is 15.9 Å². The van der Waals surface area contributed by atoms with Gasteiger partial charge in [0.1, 0.15) is 4.47 Å². The lowest BCUT2D eigenvalue weighted by Crippen LogP contribution is -2.36. The Morgan fingerprint density at radius 2 is 2.20 bits per heavy atom. The zero-order chi connectivity index (χ0) is 14.5. The number of halogens is 1. The number of nitrogens with one attached hydrogen (secondary N) is 2. The second-order valence-electron chi connectivity index (χ2n) is 5.37. The third-order valence-corrected chi connectivity index (χ3v) is 4.21. The van der Waals surface area contributed by atoms with Crippen LogP contribution in [0.3, 0.4) is 0 Å². The Morgan fingerprint density at radius 3 is 2.85 bits per heavy atom. The second-order valence-corrected chi connectivity index (χ2v) is 6.17. The standard InChI is InChI=1S/C13H22BrN5O/c1-18(2)7-8-19-13(20)12(14)11(9-16-19)17-10-3-5-15-6-4-10/h9-10,15,17H,3-8H2,1-2H3. The Hall–Kier alpha value is -0.920. The maximum atomic E-state index is 12.2. The van der Waals surface area contributed by atoms with Crippen LogP contribution in [-0.2, 0) is 6.54 Å². The molecule has 2 N–H and O–H groups in total. The van der Waals surface area contributed by atoms with Gasteiger partial charge in [0, 0.05) is 12.6 Å². The molecule has 2 heterocycles. The van der Waals surface area contributed by atoms with Crippen LogP contribution in [-0.4, -0.2) is 54.5 Å². The Morgan fingerprint density at radius 1 is 1.50 bits per heavy atom. The van der Waals surface area contributed by atoms with Gasteiger partial charge < -0.3 is 15.5 Å². The molecule has 0 aliphatic carbocycles. The fraction of sp³-hybridized carbons (Fsp3) is 0.692. The van der Waals surface area contributed by atoms with Crippen molar-refractivity contribution in [1.29, 1.82) is 0 Å². The predicted octanol–water partition coefficient (Wildman–Crippen LogP) is 0.731. The van der Waals surface area contributed by atoms with Crippen LogP contribution in [0.15, 0.2) is 15.5 Å². The number of rotatable bonds is 5. The molecule has 1 aromatic heterocycles. The third kappa shape index (κ3) is 4.04. The van der Waals surface area contributed by atoms with E-state index in [9.17, 15) is 4.79 Å². The van der Waals surface area contributed by atoms with Crippen molar-refractivity contribution in [2.24, 2.45) is 0 Å². The molecular weight excluding hydrogens is 322 g/mol. The van der Waals surface area contributed by atoms with Gasteiger partial charge in [-0.1, -0.05) is 0 Å². The highest BCUT2D eigenvalue weighted by atomic mass is 79.9. The number of likely N-dealkylation sites (N-methyl/N-ethyl adjacent to an activating group) is 1. The maximum absolute atomic E-state index is 12.2. The molecule has 1 fully saturated rings. The molecule has 0 amide bonds. The van der Waals surface area contributed by atoms with E-state index in [0.29, 0.717) is 17.1 Å². The summed E-state index contributed by atoms with van der Waals surface area (Å²) in [5.41, 5.74) is 0.716. The van der Waals surface area contributed by atoms with E-state index in [1.165, 1.54) is 4.68 Å². The highest BCUT2D eigenvalue weighted by Crippen LogP contribution is 2.19. The van der Waals surface area contributed by atoms with Crippen LogP contribution in [0, 0.1) is 0 Å². The normalized spacial score (nSPS) is 16.6. The topological polar surface area (TPSA) is 62.2 Å². The van der Waals surface area contributed by atoms with Crippen molar-refractivity contribution in [3.05, 3.63) is 21.0 Å². The van der Waals surface area contributed by atoms with E-state index < -0.39 is 0 Å². The average Bonchev–Trinajstić information content (AvgIpc) is 2.44. The molecule has 1 aliphatic rings. The highest BCUT2D eigenvalue weighted by Gasteiger charge is 2.16. The molecule has 0 atom stereocenters. The van der Waals surface area contributed by atoms with Gasteiger partial charge in [-0.05, 0) is 56.0 Å². The van der Waals surface area contributed by atoms with Gasteiger partial charge in [-0.3, -0.25) is 4.79 Å². The van der Waals surface area contributed by atoms with Gasteiger partial charge in [0.2, 0.25) is 0 Å². The van der Waals surface area contributed by atoms with Crippen LogP contribution < -0.4 is 16.2 Å². The van der Waals surface area contributed by atoms with E-state index in [0.717, 1.165) is 38.2 Å². The summed E-state index contributed by atoms with van der Waals surface area (Å²) in [5, 5.41) is 11.0. The van der Waals surface area contributed by atoms with Gasteiger partial charge in [-0.2, -0.15) is 5.10 Å². The molecule has 0 aromatic carbocycles. The van der Waals surface area contributed by atoms with Crippen molar-refractivity contribution >= 4 is 21.6 Å². The third-order valence-electron chi connectivity index (χ3n) is 3.44. The van der Waals surface area contributed by atoms with E-state index >= 15 is 0 Å². The highest BCUT2D eigenvalue weighted by molar-refractivity contribution is 9.10. The van der Waals surface area contributed by atoms with E-state index in [4.69, 9.17) is 0 Å². The molecule has 0 unspecified atom stereocenters. The Bertz CT molecular complexity index is 496. The summed E-state index contributed by atoms with van der Waals surface area (Å²) in [5.74, 6) is 0. The number of anilines is 1. The van der Waals surface area contributed by atoms with Gasteiger partial charge in [0.05, 0.1) is 18.4 Å². The van der Waals surface area contributed by atoms with Gasteiger partial charge in [-0.15, -0.1) is 0 Å². The summed E-state index contributed by atoms with van der Waals surface area (Å²) < 4.78 is 2.07. The SMILES string of the molecule is CN(C)CCn1ncc(NC2CCNCC2)c(Br)c1=O. The van der Waals surface area contributed by atoms with Crippen LogP contribution in [0.2, 0.25) is 0 Å². The molecule has 2 rings (SSSR count). The molecule has 1 saturated heterocycles. The molecule has 7 heteroatoms. The summed E-state index contributed by atoms with van der Waals surface area (Å²) in [6.07, 6.45) is 3.87. The van der Waals surface area contributed by atoms with Crippen molar-refractivity contribution in [2.75, 3.05) is 39.0 Å². The first-order chi connectivity index (χ1) is 9.58. The fourth-order valence-electron chi connectivity index (χ4n) is 2.21. The first kappa shape index (κ1) is 15.5. The first-order valence-corrected chi connectivity index (χ1v) is 7.75. The monoisotopic (exact) mass is 343 g/mol. The predicted molar refractivity (Wildman–Crippen MR) is 84.3 cm³/mol. The summed E-state index contributed by atoms with van der Waals surface area (Å²) in [6, 6.07) is 0.409. The summed E-state index contributed by atoms with van der Waals surface area (Å²) in [7, 11) is 3.96. The van der Waals surface area contributed by atoms with Crippen molar-refractivity contribution in [2.45, 2.75) is 25.4 Å². The van der Waals surface area contributed by atoms with Crippen LogP contribution in [0.25, 0.3) is 0 Å². The zero-order valence-electron chi connectivity index (χ0n) is 12.0. The molecule has 0 radical (unpaired) electrons. The van der Waals surface area contributed by atoms with Gasteiger partial charge >= 0.3 is 0 Å². The molecule has 1 aromatic rings. The van der Waals surface area contributed by atoms with Crippen LogP contribution in [0.4, 0.5) is 5.69 Å². The average molecular weight is 344 g/mol. The van der Waals surface area contributed by atoms with E-state index in [1.807, 2.05) is 19.0 Å². The molecule has 0 spiro atoms. The van der Waals surface area contributed by atoms with Crippen LogP contribution in [0.5, 0.6) is 0 Å². The fourth-order valence-corrected chi connectivity index (χ4v) is 2.63. The number of aromatic nitrogens is 2. The van der Waals surface area contributed by atoms with Gasteiger partial charge in [0.15, 0.2) is 0 Å². The summed E-state index contributed by atoms with van der Waals surface area (Å²) in [4.78, 5) is 14.3. The lowest BCUT2D eigenvalue weighted by atomic mass is 10.1. The molecule has 6 nitrogen and oxygen atoms in total. The first-order valence-electron chi connectivity index (χ1n) is 6.95. The molecule has 0 saturated carbocycles. The maximum Gasteiger partial charge on any atom is 0.283 e. The van der Waals surface area contributed by atoms with Crippen molar-refractivity contribution in [3.8, 4) is 0 Å². The Labute approximate surface area is 127 Å². The minimum absolute atomic E-state index is 0.0780. The molecular formula is C13H22BrN5O. The lowest BCUT2D eigenvalue weighted by molar-refractivity contribution is 0.367. The number of piperidine rings is 1. The lowest BCUT2D eigenvalue weighted by Gasteiger charge is -2.25. The largest absolute Gasteiger partial charge is 0.380 e. The summed E-state index contributed by atoms with van der Waals surface area (Å²) >= 11 is 3.40. The van der Waals surface area contributed by atoms with Gasteiger partial charge in [-0.25, -0.2) is 4.68 Å². The Kier molecular flexibility index (Phi) is 5.56. The quantitative estimate of drug-likeness (QED) is 0.825. The van der Waals surface area contributed by atoms with Crippen LogP contribution in [0.1, 0.15) is 12.8 Å². The summed E-state index contributed by atoms with van der Waals surface area (Å²) in [6.45, 7) is 3.42. The van der Waals surface area contributed by atoms with E-state index in [-0.39, 0.29) is 5.56 Å². The number of nitrogens with zero attached hydrogens (tertiary/aromatic N) is 3. The van der Waals surface area contributed by atoms with Crippen molar-refractivity contribution in [3.63, 3.8) is 0 Å². The second kappa shape index (κ2) is 7.19. The Balaban J connectivity index is 2.07. The van der Waals surface area contributed by atoms with E-state index in [2.05, 4.69) is 31.7 Å². The smallest absolute Gasteiger partial charge is 0.283 e. The van der Waals surface area contributed by atoms with Gasteiger partial charge in [0.25, 0.3) is 5.56 Å². The van der Waals surface area contributed by atoms with E-state index in [1.54, 1.807) is 6.20 Å². The minimum Gasteiger partial charge on any atom is -0.380 e. The zero-order valence-corrected chi connectivity index (χ0v) is 13.6. The molecule has 0 bridgehead atoms. The molecule has 20 heavy (non-hydrogen) atoms.